The van der Waals surface area contributed by atoms with Crippen LogP contribution in [0.15, 0.2) is 69.9 Å². The van der Waals surface area contributed by atoms with E-state index in [4.69, 9.17) is 8.83 Å². The molecular weight excluding hydrogens is 382 g/mol. The number of nitrogens with one attached hydrogen (secondary N) is 2. The topological polar surface area (TPSA) is 80.1 Å². The molecule has 0 saturated heterocycles. The normalized spacial score (nSPS) is 10.9. The zero-order chi connectivity index (χ0) is 21.3. The number of furan rings is 2. The van der Waals surface area contributed by atoms with E-state index in [1.54, 1.807) is 41.7 Å². The summed E-state index contributed by atoms with van der Waals surface area (Å²) < 4.78 is 10.9. The minimum Gasteiger partial charge on any atom is -0.463 e. The summed E-state index contributed by atoms with van der Waals surface area (Å²) in [5.41, 5.74) is 1.27. The minimum atomic E-state index is -0.120. The highest BCUT2D eigenvalue weighted by Gasteiger charge is 2.19. The second-order valence-corrected chi connectivity index (χ2v) is 7.04. The fraction of sp³-hybridized carbons (Fsp3) is 0.304. The van der Waals surface area contributed by atoms with Gasteiger partial charge in [-0.3, -0.25) is 9.59 Å². The highest BCUT2D eigenvalue weighted by atomic mass is 16.3. The zero-order valence-electron chi connectivity index (χ0n) is 17.4. The fourth-order valence-electron chi connectivity index (χ4n) is 3.33. The number of hydrogen-bond donors (Lipinski definition) is 2. The van der Waals surface area contributed by atoms with E-state index < -0.39 is 0 Å². The summed E-state index contributed by atoms with van der Waals surface area (Å²) in [4.78, 5) is 27.8. The lowest BCUT2D eigenvalue weighted by Crippen LogP contribution is -3.10. The van der Waals surface area contributed by atoms with E-state index in [0.717, 1.165) is 16.4 Å². The standard InChI is InChI=1S/C23H27N3O4/c1-3-26(4-2)23(28)18-9-11-19(12-10-18)24-22(27)17-25(15-20-7-5-13-29-20)16-21-8-6-14-30-21/h5-14H,3-4,15-17H2,1-2H3,(H,24,27)/p+1. The van der Waals surface area contributed by atoms with Crippen molar-refractivity contribution < 1.29 is 23.3 Å². The van der Waals surface area contributed by atoms with Crippen LogP contribution in [0.5, 0.6) is 0 Å². The van der Waals surface area contributed by atoms with Gasteiger partial charge in [0, 0.05) is 24.3 Å². The molecule has 0 aliphatic heterocycles. The summed E-state index contributed by atoms with van der Waals surface area (Å²) in [5, 5.41) is 2.91. The van der Waals surface area contributed by atoms with Gasteiger partial charge >= 0.3 is 0 Å². The number of carbonyl (C=O) groups is 2. The molecule has 0 saturated carbocycles. The molecule has 0 bridgehead atoms. The second kappa shape index (κ2) is 10.5. The second-order valence-electron chi connectivity index (χ2n) is 7.04. The van der Waals surface area contributed by atoms with E-state index in [2.05, 4.69) is 5.32 Å². The van der Waals surface area contributed by atoms with Crippen molar-refractivity contribution >= 4 is 17.5 Å². The molecule has 0 aliphatic carbocycles. The Morgan fingerprint density at radius 3 is 1.93 bits per heavy atom. The van der Waals surface area contributed by atoms with Crippen LogP contribution in [0.25, 0.3) is 0 Å². The molecule has 2 heterocycles. The molecule has 0 spiro atoms. The van der Waals surface area contributed by atoms with Crippen molar-refractivity contribution in [2.24, 2.45) is 0 Å². The number of carbonyl (C=O) groups excluding carboxylic acids is 2. The van der Waals surface area contributed by atoms with Crippen molar-refractivity contribution in [1.82, 2.24) is 4.90 Å². The average Bonchev–Trinajstić information content (AvgIpc) is 3.43. The van der Waals surface area contributed by atoms with Crippen LogP contribution in [0.4, 0.5) is 5.69 Å². The maximum atomic E-state index is 12.6. The smallest absolute Gasteiger partial charge is 0.279 e. The summed E-state index contributed by atoms with van der Waals surface area (Å²) in [6, 6.07) is 14.5. The number of nitrogens with zero attached hydrogens (tertiary/aromatic N) is 1. The van der Waals surface area contributed by atoms with Crippen LogP contribution in [0.2, 0.25) is 0 Å². The number of rotatable bonds is 10. The lowest BCUT2D eigenvalue weighted by molar-refractivity contribution is -0.921. The van der Waals surface area contributed by atoms with Crippen LogP contribution < -0.4 is 10.2 Å². The molecule has 2 N–H and O–H groups in total. The molecule has 0 unspecified atom stereocenters. The van der Waals surface area contributed by atoms with Gasteiger partial charge in [-0.15, -0.1) is 0 Å². The van der Waals surface area contributed by atoms with Gasteiger partial charge in [-0.2, -0.15) is 0 Å². The molecular formula is C23H28N3O4+. The summed E-state index contributed by atoms with van der Waals surface area (Å²) in [7, 11) is 0. The summed E-state index contributed by atoms with van der Waals surface area (Å²) in [6.07, 6.45) is 3.25. The van der Waals surface area contributed by atoms with E-state index in [1.807, 2.05) is 38.1 Å². The first-order valence-corrected chi connectivity index (χ1v) is 10.2. The van der Waals surface area contributed by atoms with Gasteiger partial charge in [-0.25, -0.2) is 0 Å². The Balaban J connectivity index is 1.61. The van der Waals surface area contributed by atoms with E-state index in [-0.39, 0.29) is 18.4 Å². The SMILES string of the molecule is CCN(CC)C(=O)c1ccc(NC(=O)C[NH+](Cc2ccco2)Cc2ccco2)cc1. The molecule has 0 fully saturated rings. The highest BCUT2D eigenvalue weighted by Crippen LogP contribution is 2.11. The van der Waals surface area contributed by atoms with Gasteiger partial charge in [0.15, 0.2) is 18.1 Å². The molecule has 7 nitrogen and oxygen atoms in total. The van der Waals surface area contributed by atoms with E-state index in [1.165, 1.54) is 0 Å². The van der Waals surface area contributed by atoms with Crippen molar-refractivity contribution in [3.8, 4) is 0 Å². The predicted molar refractivity (Wildman–Crippen MR) is 113 cm³/mol. The number of quaternary nitrogens is 1. The number of anilines is 1. The monoisotopic (exact) mass is 410 g/mol. The van der Waals surface area contributed by atoms with Gasteiger partial charge in [0.2, 0.25) is 0 Å². The van der Waals surface area contributed by atoms with Crippen LogP contribution in [0, 0.1) is 0 Å². The van der Waals surface area contributed by atoms with Crippen molar-refractivity contribution in [3.05, 3.63) is 78.1 Å². The first kappa shape index (κ1) is 21.4. The number of amides is 2. The molecule has 1 aromatic carbocycles. The number of hydrogen-bond acceptors (Lipinski definition) is 4. The molecule has 0 atom stereocenters. The summed E-state index contributed by atoms with van der Waals surface area (Å²) >= 11 is 0. The van der Waals surface area contributed by atoms with Crippen LogP contribution in [0.1, 0.15) is 35.7 Å². The van der Waals surface area contributed by atoms with Gasteiger partial charge in [0.1, 0.15) is 13.1 Å². The third-order valence-corrected chi connectivity index (χ3v) is 4.89. The van der Waals surface area contributed by atoms with Gasteiger partial charge in [0.25, 0.3) is 11.8 Å². The molecule has 0 radical (unpaired) electrons. The zero-order valence-corrected chi connectivity index (χ0v) is 17.4. The Morgan fingerprint density at radius 2 is 1.47 bits per heavy atom. The van der Waals surface area contributed by atoms with Gasteiger partial charge in [0.05, 0.1) is 12.5 Å². The summed E-state index contributed by atoms with van der Waals surface area (Å²) in [5.74, 6) is 1.49. The van der Waals surface area contributed by atoms with Crippen LogP contribution in [-0.4, -0.2) is 36.3 Å². The van der Waals surface area contributed by atoms with Crippen molar-refractivity contribution in [2.45, 2.75) is 26.9 Å². The Hall–Kier alpha value is -3.32. The summed E-state index contributed by atoms with van der Waals surface area (Å²) in [6.45, 7) is 6.62. The maximum absolute atomic E-state index is 12.6. The molecule has 158 valence electrons. The van der Waals surface area contributed by atoms with Gasteiger partial charge < -0.3 is 24.0 Å². The molecule has 2 aromatic heterocycles. The molecule has 0 aliphatic rings. The number of benzene rings is 1. The lowest BCUT2D eigenvalue weighted by Gasteiger charge is -2.19. The molecule has 2 amide bonds. The van der Waals surface area contributed by atoms with Crippen LogP contribution >= 0.6 is 0 Å². The van der Waals surface area contributed by atoms with Crippen LogP contribution in [0.3, 0.4) is 0 Å². The Bertz CT molecular complexity index is 878. The molecule has 7 heteroatoms. The molecule has 3 aromatic rings. The van der Waals surface area contributed by atoms with Gasteiger partial charge in [-0.05, 0) is 62.4 Å². The molecule has 3 rings (SSSR count). The van der Waals surface area contributed by atoms with E-state index >= 15 is 0 Å². The Labute approximate surface area is 176 Å². The Kier molecular flexibility index (Phi) is 7.45. The van der Waals surface area contributed by atoms with E-state index in [9.17, 15) is 9.59 Å². The third kappa shape index (κ3) is 5.84. The fourth-order valence-corrected chi connectivity index (χ4v) is 3.33. The van der Waals surface area contributed by atoms with Gasteiger partial charge in [-0.1, -0.05) is 0 Å². The first-order valence-electron chi connectivity index (χ1n) is 10.2. The molecule has 30 heavy (non-hydrogen) atoms. The lowest BCUT2D eigenvalue weighted by atomic mass is 10.1. The Morgan fingerprint density at radius 1 is 0.900 bits per heavy atom. The van der Waals surface area contributed by atoms with Crippen molar-refractivity contribution in [1.29, 1.82) is 0 Å². The minimum absolute atomic E-state index is 0.00890. The average molecular weight is 410 g/mol. The van der Waals surface area contributed by atoms with Crippen molar-refractivity contribution in [3.63, 3.8) is 0 Å². The van der Waals surface area contributed by atoms with Crippen molar-refractivity contribution in [2.75, 3.05) is 25.0 Å². The van der Waals surface area contributed by atoms with E-state index in [0.29, 0.717) is 37.4 Å². The first-order chi connectivity index (χ1) is 14.6. The largest absolute Gasteiger partial charge is 0.463 e. The highest BCUT2D eigenvalue weighted by molar-refractivity contribution is 5.96. The van der Waals surface area contributed by atoms with Crippen LogP contribution in [-0.2, 0) is 17.9 Å². The quantitative estimate of drug-likeness (QED) is 0.538. The predicted octanol–water partition coefficient (Wildman–Crippen LogP) is 2.58. The third-order valence-electron chi connectivity index (χ3n) is 4.89. The maximum Gasteiger partial charge on any atom is 0.279 e.